The zero-order chi connectivity index (χ0) is 26.1. The molecular formula is C30H31FN4O3. The van der Waals surface area contributed by atoms with E-state index in [-0.39, 0.29) is 23.7 Å². The minimum absolute atomic E-state index is 0.0619. The normalized spacial score (nSPS) is 16.4. The van der Waals surface area contributed by atoms with Gasteiger partial charge in [-0.15, -0.1) is 0 Å². The van der Waals surface area contributed by atoms with E-state index in [1.54, 1.807) is 6.07 Å². The first-order chi connectivity index (χ1) is 18.6. The zero-order valence-electron chi connectivity index (χ0n) is 21.4. The number of fused-ring (bicyclic) bond motifs is 2. The van der Waals surface area contributed by atoms with Crippen LogP contribution in [0.4, 0.5) is 10.3 Å². The van der Waals surface area contributed by atoms with Crippen LogP contribution in [-0.4, -0.2) is 41.8 Å². The molecule has 1 fully saturated rings. The van der Waals surface area contributed by atoms with Crippen molar-refractivity contribution in [3.05, 3.63) is 83.7 Å². The highest BCUT2D eigenvalue weighted by atomic mass is 19.1. The summed E-state index contributed by atoms with van der Waals surface area (Å²) in [5.41, 5.74) is 3.46. The molecule has 1 N–H and O–H groups in total. The van der Waals surface area contributed by atoms with Crippen molar-refractivity contribution >= 4 is 22.9 Å². The van der Waals surface area contributed by atoms with Crippen LogP contribution in [0, 0.1) is 11.7 Å². The second-order valence-electron chi connectivity index (χ2n) is 9.97. The summed E-state index contributed by atoms with van der Waals surface area (Å²) in [6.45, 7) is 4.88. The lowest BCUT2D eigenvalue weighted by atomic mass is 9.95. The highest BCUT2D eigenvalue weighted by Crippen LogP contribution is 2.33. The van der Waals surface area contributed by atoms with E-state index in [9.17, 15) is 9.18 Å². The van der Waals surface area contributed by atoms with Crippen molar-refractivity contribution in [1.82, 2.24) is 14.9 Å². The predicted octanol–water partition coefficient (Wildman–Crippen LogP) is 5.09. The molecular weight excluding hydrogens is 483 g/mol. The number of para-hydroxylation sites is 2. The summed E-state index contributed by atoms with van der Waals surface area (Å²) in [7, 11) is 0. The summed E-state index contributed by atoms with van der Waals surface area (Å²) in [5.74, 6) is 2.05. The Hall–Kier alpha value is -4.07. The minimum atomic E-state index is -0.223. The Morgan fingerprint density at radius 3 is 2.58 bits per heavy atom. The number of benzene rings is 3. The van der Waals surface area contributed by atoms with Crippen LogP contribution in [0.15, 0.2) is 66.7 Å². The van der Waals surface area contributed by atoms with E-state index < -0.39 is 0 Å². The molecule has 1 amide bonds. The van der Waals surface area contributed by atoms with Gasteiger partial charge in [0.25, 0.3) is 0 Å². The molecule has 7 nitrogen and oxygen atoms in total. The van der Waals surface area contributed by atoms with E-state index in [2.05, 4.69) is 14.8 Å². The molecule has 0 saturated carbocycles. The third-order valence-corrected chi connectivity index (χ3v) is 7.49. The molecule has 0 radical (unpaired) electrons. The molecule has 38 heavy (non-hydrogen) atoms. The first kappa shape index (κ1) is 24.3. The van der Waals surface area contributed by atoms with Crippen LogP contribution in [0.3, 0.4) is 0 Å². The van der Waals surface area contributed by atoms with Crippen LogP contribution in [0.1, 0.15) is 36.9 Å². The quantitative estimate of drug-likeness (QED) is 0.388. The van der Waals surface area contributed by atoms with Crippen LogP contribution >= 0.6 is 0 Å². The van der Waals surface area contributed by atoms with Crippen LogP contribution in [0.5, 0.6) is 11.5 Å². The summed E-state index contributed by atoms with van der Waals surface area (Å²) >= 11 is 0. The van der Waals surface area contributed by atoms with Gasteiger partial charge in [-0.05, 0) is 55.7 Å². The van der Waals surface area contributed by atoms with E-state index in [1.165, 1.54) is 6.07 Å². The fraction of sp³-hybridized carbons (Fsp3) is 0.333. The fourth-order valence-electron chi connectivity index (χ4n) is 5.34. The standard InChI is InChI=1S/C30H31FN4O3/c1-20(22-10-11-27-28(18-22)38-17-16-37-27)32-29(36)21-12-14-34(15-13-21)30-33-25-8-4-5-9-26(25)35(30)19-23-6-2-3-7-24(23)31/h2-11,18,20-21H,12-17,19H2,1H3,(H,32,36)/t20-/m1/s1. The first-order valence-electron chi connectivity index (χ1n) is 13.2. The van der Waals surface area contributed by atoms with Gasteiger partial charge in [-0.25, -0.2) is 9.37 Å². The number of piperidine rings is 1. The zero-order valence-corrected chi connectivity index (χ0v) is 21.4. The number of imidazole rings is 1. The van der Waals surface area contributed by atoms with Crippen LogP contribution < -0.4 is 19.7 Å². The molecule has 3 heterocycles. The monoisotopic (exact) mass is 514 g/mol. The van der Waals surface area contributed by atoms with Gasteiger partial charge in [-0.2, -0.15) is 0 Å². The molecule has 0 bridgehead atoms. The highest BCUT2D eigenvalue weighted by molar-refractivity contribution is 5.80. The number of nitrogens with one attached hydrogen (secondary N) is 1. The van der Waals surface area contributed by atoms with Crippen molar-refractivity contribution in [2.45, 2.75) is 32.4 Å². The van der Waals surface area contributed by atoms with Gasteiger partial charge in [0, 0.05) is 24.6 Å². The molecule has 1 atom stereocenters. The highest BCUT2D eigenvalue weighted by Gasteiger charge is 2.29. The van der Waals surface area contributed by atoms with Crippen molar-refractivity contribution in [3.8, 4) is 11.5 Å². The molecule has 3 aromatic carbocycles. The van der Waals surface area contributed by atoms with Crippen molar-refractivity contribution in [1.29, 1.82) is 0 Å². The van der Waals surface area contributed by atoms with E-state index in [0.29, 0.717) is 38.4 Å². The van der Waals surface area contributed by atoms with E-state index >= 15 is 0 Å². The molecule has 196 valence electrons. The van der Waals surface area contributed by atoms with Gasteiger partial charge in [0.1, 0.15) is 19.0 Å². The number of ether oxygens (including phenoxy) is 2. The maximum absolute atomic E-state index is 14.5. The van der Waals surface area contributed by atoms with Gasteiger partial charge < -0.3 is 24.3 Å². The Morgan fingerprint density at radius 1 is 1.03 bits per heavy atom. The Morgan fingerprint density at radius 2 is 1.76 bits per heavy atom. The number of amides is 1. The number of rotatable bonds is 6. The number of carbonyl (C=O) groups excluding carboxylic acids is 1. The van der Waals surface area contributed by atoms with Gasteiger partial charge in [-0.3, -0.25) is 4.79 Å². The molecule has 6 rings (SSSR count). The number of anilines is 1. The van der Waals surface area contributed by atoms with Crippen LogP contribution in [0.25, 0.3) is 11.0 Å². The minimum Gasteiger partial charge on any atom is -0.486 e. The maximum atomic E-state index is 14.5. The molecule has 0 aliphatic carbocycles. The number of hydrogen-bond acceptors (Lipinski definition) is 5. The summed E-state index contributed by atoms with van der Waals surface area (Å²) < 4.78 is 27.9. The molecule has 8 heteroatoms. The molecule has 0 spiro atoms. The molecule has 1 aromatic heterocycles. The lowest BCUT2D eigenvalue weighted by molar-refractivity contribution is -0.126. The average Bonchev–Trinajstić information content (AvgIpc) is 3.32. The van der Waals surface area contributed by atoms with Gasteiger partial charge in [-0.1, -0.05) is 36.4 Å². The van der Waals surface area contributed by atoms with Crippen LogP contribution in [-0.2, 0) is 11.3 Å². The maximum Gasteiger partial charge on any atom is 0.223 e. The lowest BCUT2D eigenvalue weighted by Gasteiger charge is -2.33. The van der Waals surface area contributed by atoms with Crippen molar-refractivity contribution < 1.29 is 18.7 Å². The number of halogens is 1. The van der Waals surface area contributed by atoms with Gasteiger partial charge in [0.2, 0.25) is 11.9 Å². The van der Waals surface area contributed by atoms with E-state index in [4.69, 9.17) is 14.5 Å². The predicted molar refractivity (Wildman–Crippen MR) is 144 cm³/mol. The smallest absolute Gasteiger partial charge is 0.223 e. The van der Waals surface area contributed by atoms with Crippen molar-refractivity contribution in [3.63, 3.8) is 0 Å². The molecule has 0 unspecified atom stereocenters. The third kappa shape index (κ3) is 4.78. The summed E-state index contributed by atoms with van der Waals surface area (Å²) in [5, 5.41) is 3.18. The summed E-state index contributed by atoms with van der Waals surface area (Å²) in [4.78, 5) is 20.3. The van der Waals surface area contributed by atoms with Crippen LogP contribution in [0.2, 0.25) is 0 Å². The average molecular weight is 515 g/mol. The molecule has 2 aliphatic heterocycles. The van der Waals surface area contributed by atoms with Crippen molar-refractivity contribution in [2.24, 2.45) is 5.92 Å². The molecule has 1 saturated heterocycles. The molecule has 4 aromatic rings. The third-order valence-electron chi connectivity index (χ3n) is 7.49. The number of aromatic nitrogens is 2. The topological polar surface area (TPSA) is 68.6 Å². The lowest BCUT2D eigenvalue weighted by Crippen LogP contribution is -2.42. The van der Waals surface area contributed by atoms with E-state index in [1.807, 2.05) is 61.5 Å². The van der Waals surface area contributed by atoms with Crippen molar-refractivity contribution in [2.75, 3.05) is 31.2 Å². The first-order valence-corrected chi connectivity index (χ1v) is 13.2. The SMILES string of the molecule is C[C@@H](NC(=O)C1CCN(c2nc3ccccc3n2Cc2ccccc2F)CC1)c1ccc2c(c1)OCCO2. The Kier molecular flexibility index (Phi) is 6.62. The number of nitrogens with zero attached hydrogens (tertiary/aromatic N) is 3. The Balaban J connectivity index is 1.14. The van der Waals surface area contributed by atoms with Gasteiger partial charge >= 0.3 is 0 Å². The van der Waals surface area contributed by atoms with Gasteiger partial charge in [0.15, 0.2) is 11.5 Å². The summed E-state index contributed by atoms with van der Waals surface area (Å²) in [6, 6.07) is 20.5. The number of hydrogen-bond donors (Lipinski definition) is 1. The van der Waals surface area contributed by atoms with E-state index in [0.717, 1.165) is 46.9 Å². The Labute approximate surface area is 221 Å². The van der Waals surface area contributed by atoms with Gasteiger partial charge in [0.05, 0.1) is 23.6 Å². The largest absolute Gasteiger partial charge is 0.486 e. The molecule has 2 aliphatic rings. The number of carbonyl (C=O) groups is 1. The second kappa shape index (κ2) is 10.4. The fourth-order valence-corrected chi connectivity index (χ4v) is 5.34. The summed E-state index contributed by atoms with van der Waals surface area (Å²) in [6.07, 6.45) is 1.45. The second-order valence-corrected chi connectivity index (χ2v) is 9.97. The Bertz CT molecular complexity index is 1460.